The first-order valence-corrected chi connectivity index (χ1v) is 11.0. The Bertz CT molecular complexity index is 1050. The molecule has 0 aromatic heterocycles. The smallest absolute Gasteiger partial charge is 0.261 e. The molecule has 1 atom stereocenters. The molecule has 9 nitrogen and oxygen atoms in total. The summed E-state index contributed by atoms with van der Waals surface area (Å²) in [6, 6.07) is 3.59. The number of nitrogens with one attached hydrogen (secondary N) is 3. The highest BCUT2D eigenvalue weighted by Crippen LogP contribution is 2.39. The number of amides is 1. The molecule has 0 radical (unpaired) electrons. The fourth-order valence-corrected chi connectivity index (χ4v) is 4.21. The summed E-state index contributed by atoms with van der Waals surface area (Å²) in [6.07, 6.45) is 3.70. The topological polar surface area (TPSA) is 113 Å². The third-order valence-corrected chi connectivity index (χ3v) is 5.90. The quantitative estimate of drug-likeness (QED) is 0.369. The van der Waals surface area contributed by atoms with Crippen LogP contribution in [0.3, 0.4) is 0 Å². The number of carbonyl (C=O) groups excluding carboxylic acids is 1. The van der Waals surface area contributed by atoms with Gasteiger partial charge in [0.2, 0.25) is 0 Å². The van der Waals surface area contributed by atoms with Crippen LogP contribution in [0.1, 0.15) is 12.5 Å². The van der Waals surface area contributed by atoms with Crippen LogP contribution in [-0.4, -0.2) is 79.7 Å². The number of hydrogen-bond donors (Lipinski definition) is 4. The lowest BCUT2D eigenvalue weighted by molar-refractivity contribution is -0.112. The van der Waals surface area contributed by atoms with Crippen molar-refractivity contribution in [2.75, 3.05) is 49.5 Å². The normalized spacial score (nSPS) is 23.7. The van der Waals surface area contributed by atoms with Gasteiger partial charge in [-0.3, -0.25) is 9.69 Å². The van der Waals surface area contributed by atoms with Crippen LogP contribution in [0.25, 0.3) is 0 Å². The highest BCUT2D eigenvalue weighted by Gasteiger charge is 2.31. The molecular formula is C23H28F2N6O3. The Morgan fingerprint density at radius 3 is 2.79 bits per heavy atom. The Labute approximate surface area is 196 Å². The zero-order valence-corrected chi connectivity index (χ0v) is 18.9. The average Bonchev–Trinajstić information content (AvgIpc) is 2.79. The summed E-state index contributed by atoms with van der Waals surface area (Å²) in [7, 11) is 0. The molecule has 0 spiro atoms. The fraction of sp³-hybridized carbons (Fsp3) is 0.435. The minimum Gasteiger partial charge on any atom is -0.490 e. The van der Waals surface area contributed by atoms with Crippen molar-refractivity contribution in [3.05, 3.63) is 41.4 Å². The van der Waals surface area contributed by atoms with Gasteiger partial charge in [-0.15, -0.1) is 0 Å². The number of allylic oxidation sites excluding steroid dienone is 1. The van der Waals surface area contributed by atoms with E-state index >= 15 is 0 Å². The zero-order chi connectivity index (χ0) is 24.3. The van der Waals surface area contributed by atoms with Crippen molar-refractivity contribution in [1.82, 2.24) is 10.2 Å². The van der Waals surface area contributed by atoms with Gasteiger partial charge in [0.25, 0.3) is 12.3 Å². The van der Waals surface area contributed by atoms with Crippen molar-refractivity contribution in [3.63, 3.8) is 0 Å². The fourth-order valence-electron chi connectivity index (χ4n) is 4.21. The van der Waals surface area contributed by atoms with Crippen molar-refractivity contribution in [2.24, 2.45) is 4.99 Å². The number of aliphatic hydroxyl groups is 1. The number of carbonyl (C=O) groups is 1. The Kier molecular flexibility index (Phi) is 6.94. The van der Waals surface area contributed by atoms with Crippen molar-refractivity contribution in [3.8, 4) is 5.75 Å². The minimum atomic E-state index is -2.38. The molecule has 0 aliphatic carbocycles. The maximum absolute atomic E-state index is 13.1. The second-order valence-corrected chi connectivity index (χ2v) is 8.76. The van der Waals surface area contributed by atoms with Crippen LogP contribution < -0.4 is 20.3 Å². The van der Waals surface area contributed by atoms with E-state index in [4.69, 9.17) is 10.1 Å². The molecule has 3 aliphatic heterocycles. The number of piperazine rings is 1. The molecule has 182 valence electrons. The summed E-state index contributed by atoms with van der Waals surface area (Å²) in [6.45, 7) is 3.49. The predicted molar refractivity (Wildman–Crippen MR) is 126 cm³/mol. The number of alkyl halides is 2. The van der Waals surface area contributed by atoms with Gasteiger partial charge in [0.05, 0.1) is 29.1 Å². The summed E-state index contributed by atoms with van der Waals surface area (Å²) < 4.78 is 31.3. The molecule has 0 saturated carbocycles. The molecule has 1 aromatic rings. The molecule has 1 fully saturated rings. The Balaban J connectivity index is 1.63. The second-order valence-electron chi connectivity index (χ2n) is 8.76. The van der Waals surface area contributed by atoms with Gasteiger partial charge in [0.1, 0.15) is 18.2 Å². The molecule has 0 unspecified atom stereocenters. The number of nitrogens with zero attached hydrogens (tertiary/aromatic N) is 3. The lowest BCUT2D eigenvalue weighted by atomic mass is 9.93. The maximum Gasteiger partial charge on any atom is 0.261 e. The molecule has 4 rings (SSSR count). The predicted octanol–water partition coefficient (Wildman–Crippen LogP) is 1.75. The summed E-state index contributed by atoms with van der Waals surface area (Å²) in [4.78, 5) is 20.9. The Hall–Kier alpha value is -3.31. The summed E-state index contributed by atoms with van der Waals surface area (Å²) in [5.41, 5.74) is 0.940. The summed E-state index contributed by atoms with van der Waals surface area (Å²) in [5, 5.41) is 23.9. The largest absolute Gasteiger partial charge is 0.490 e. The van der Waals surface area contributed by atoms with Crippen molar-refractivity contribution >= 4 is 29.7 Å². The van der Waals surface area contributed by atoms with E-state index in [2.05, 4.69) is 15.6 Å². The van der Waals surface area contributed by atoms with E-state index in [1.54, 1.807) is 30.2 Å². The third kappa shape index (κ3) is 5.42. The molecule has 1 aromatic carbocycles. The first-order chi connectivity index (χ1) is 16.3. The van der Waals surface area contributed by atoms with Gasteiger partial charge >= 0.3 is 0 Å². The van der Waals surface area contributed by atoms with Crippen LogP contribution in [0.2, 0.25) is 0 Å². The van der Waals surface area contributed by atoms with E-state index in [0.717, 1.165) is 11.8 Å². The lowest BCUT2D eigenvalue weighted by Gasteiger charge is -2.38. The van der Waals surface area contributed by atoms with Gasteiger partial charge in [-0.2, -0.15) is 0 Å². The highest BCUT2D eigenvalue weighted by molar-refractivity contribution is 6.18. The van der Waals surface area contributed by atoms with Crippen LogP contribution in [0.5, 0.6) is 5.75 Å². The van der Waals surface area contributed by atoms with Crippen molar-refractivity contribution in [2.45, 2.75) is 25.4 Å². The van der Waals surface area contributed by atoms with Crippen LogP contribution in [-0.2, 0) is 11.2 Å². The number of rotatable bonds is 6. The van der Waals surface area contributed by atoms with Crippen molar-refractivity contribution < 1.29 is 23.4 Å². The van der Waals surface area contributed by atoms with Gasteiger partial charge in [-0.1, -0.05) is 0 Å². The average molecular weight is 475 g/mol. The number of ether oxygens (including phenoxy) is 1. The molecule has 3 aliphatic rings. The maximum atomic E-state index is 13.1. The molecule has 1 amide bonds. The van der Waals surface area contributed by atoms with Crippen LogP contribution >= 0.6 is 0 Å². The van der Waals surface area contributed by atoms with Crippen LogP contribution in [0.4, 0.5) is 20.2 Å². The number of halogens is 2. The highest BCUT2D eigenvalue weighted by atomic mass is 19.3. The molecule has 11 heteroatoms. The number of benzene rings is 1. The third-order valence-electron chi connectivity index (χ3n) is 5.90. The first-order valence-electron chi connectivity index (χ1n) is 11.0. The zero-order valence-electron chi connectivity index (χ0n) is 18.9. The summed E-state index contributed by atoms with van der Waals surface area (Å²) in [5.74, 6) is 0.344. The number of anilines is 2. The minimum absolute atomic E-state index is 0.0502. The molecular weight excluding hydrogens is 446 g/mol. The second kappa shape index (κ2) is 9.90. The number of hydrogen-bond acceptors (Lipinski definition) is 8. The van der Waals surface area contributed by atoms with E-state index in [9.17, 15) is 18.7 Å². The first kappa shape index (κ1) is 23.8. The molecule has 1 saturated heterocycles. The van der Waals surface area contributed by atoms with Crippen LogP contribution in [0, 0.1) is 5.41 Å². The van der Waals surface area contributed by atoms with Gasteiger partial charge < -0.3 is 30.8 Å². The Morgan fingerprint density at radius 2 is 2.15 bits per heavy atom. The van der Waals surface area contributed by atoms with E-state index in [1.165, 1.54) is 6.21 Å². The monoisotopic (exact) mass is 474 g/mol. The summed E-state index contributed by atoms with van der Waals surface area (Å²) >= 11 is 0. The van der Waals surface area contributed by atoms with Crippen LogP contribution in [0.15, 0.2) is 40.8 Å². The van der Waals surface area contributed by atoms with E-state index in [0.29, 0.717) is 49.7 Å². The molecule has 34 heavy (non-hydrogen) atoms. The van der Waals surface area contributed by atoms with Gasteiger partial charge in [-0.05, 0) is 24.6 Å². The van der Waals surface area contributed by atoms with E-state index < -0.39 is 17.9 Å². The van der Waals surface area contributed by atoms with Gasteiger partial charge in [-0.25, -0.2) is 13.8 Å². The van der Waals surface area contributed by atoms with E-state index in [1.807, 2.05) is 11.0 Å². The number of aliphatic imine (C=N–C) groups is 1. The lowest BCUT2D eigenvalue weighted by Crippen LogP contribution is -2.48. The van der Waals surface area contributed by atoms with Gasteiger partial charge in [0.15, 0.2) is 0 Å². The van der Waals surface area contributed by atoms with Crippen molar-refractivity contribution in [1.29, 1.82) is 5.41 Å². The van der Waals surface area contributed by atoms with Gasteiger partial charge in [0, 0.05) is 57.3 Å². The van der Waals surface area contributed by atoms with E-state index in [-0.39, 0.29) is 24.5 Å². The standard InChI is InChI=1S/C23H28F2N6O3/c1-23(33)11-15-9-17(29-22(32)16(12-26)21-27-3-2-4-28-21)18(10-19(15)34-14-23)31-7-5-30(6-8-31)13-20(24)25/h2-4,9-10,12,20,26-27,33H,5-8,11,13-14H2,1H3,(H,29,32)/b21-16-,26-12?/t23-/m1/s1. The Morgan fingerprint density at radius 1 is 1.38 bits per heavy atom. The molecule has 3 heterocycles. The molecule has 0 bridgehead atoms. The number of fused-ring (bicyclic) bond motifs is 1. The molecule has 4 N–H and O–H groups in total. The SMILES string of the molecule is C[C@]1(O)COc2cc(N3CCN(CC(F)F)CC3)c(NC(=O)/C(C=N)=C3\N=CC=CN3)cc2C1.